The molecule has 16 heterocycles. The maximum Gasteiger partial charge on any atom is 0.165 e. The molecular formula is C124H72N16. The van der Waals surface area contributed by atoms with E-state index in [1.165, 1.54) is 178 Å². The third kappa shape index (κ3) is 10.3. The summed E-state index contributed by atoms with van der Waals surface area (Å²) < 4.78 is 8.68. The molecular weight excluding hydrogens is 1710 g/mol. The summed E-state index contributed by atoms with van der Waals surface area (Å²) in [6.45, 7) is 0. The first-order valence-corrected chi connectivity index (χ1v) is 48.2. The van der Waals surface area contributed by atoms with Crippen LogP contribution in [0.2, 0.25) is 0 Å². The van der Waals surface area contributed by atoms with Crippen molar-refractivity contribution in [3.05, 3.63) is 430 Å². The molecule has 0 N–H and O–H groups in total. The second kappa shape index (κ2) is 27.7. The summed E-state index contributed by atoms with van der Waals surface area (Å²) in [6.07, 6.45) is 22.8. The molecule has 12 aromatic carbocycles. The fourth-order valence-corrected chi connectivity index (χ4v) is 25.7. The Morgan fingerprint density at radius 3 is 0.850 bits per heavy atom. The second-order valence-electron chi connectivity index (χ2n) is 38.8. The number of hydrogen-bond donors (Lipinski definition) is 0. The van der Waals surface area contributed by atoms with Gasteiger partial charge in [0.2, 0.25) is 0 Å². The molecule has 8 aliphatic rings. The minimum Gasteiger partial charge on any atom is -0.274 e. The van der Waals surface area contributed by atoms with E-state index in [-0.39, 0.29) is 0 Å². The molecule has 0 bridgehead atoms. The maximum absolute atomic E-state index is 5.05. The molecule has 0 radical (unpaired) electrons. The van der Waals surface area contributed by atoms with Gasteiger partial charge in [0.25, 0.3) is 0 Å². The number of imidazole rings is 4. The van der Waals surface area contributed by atoms with Gasteiger partial charge in [-0.05, 0) is 387 Å². The number of fused-ring (bicyclic) bond motifs is 59. The quantitative estimate of drug-likeness (QED) is 0.132. The maximum atomic E-state index is 5.05. The van der Waals surface area contributed by atoms with Crippen LogP contribution in [-0.4, -0.2) is 77.4 Å². The monoisotopic (exact) mass is 1780 g/mol. The van der Waals surface area contributed by atoms with E-state index in [1.54, 1.807) is 0 Å². The smallest absolute Gasteiger partial charge is 0.165 e. The Hall–Kier alpha value is -18.3. The van der Waals surface area contributed by atoms with E-state index >= 15 is 0 Å². The number of pyridine rings is 12. The highest BCUT2D eigenvalue weighted by molar-refractivity contribution is 6.19. The number of rotatable bonds is 0. The van der Waals surface area contributed by atoms with Gasteiger partial charge in [0, 0.05) is 92.7 Å². The van der Waals surface area contributed by atoms with E-state index in [2.05, 4.69) is 256 Å². The van der Waals surface area contributed by atoms with Crippen LogP contribution >= 0.6 is 0 Å². The first kappa shape index (κ1) is 75.1. The summed E-state index contributed by atoms with van der Waals surface area (Å²) in [7, 11) is 0. The van der Waals surface area contributed by atoms with Crippen molar-refractivity contribution in [3.8, 4) is 89.0 Å². The van der Waals surface area contributed by atoms with E-state index in [9.17, 15) is 0 Å². The minimum absolute atomic E-state index is 0.873. The molecule has 0 aliphatic heterocycles. The van der Waals surface area contributed by atoms with Crippen molar-refractivity contribution in [2.24, 2.45) is 0 Å². The molecule has 16 nitrogen and oxygen atoms in total. The predicted molar refractivity (Wildman–Crippen MR) is 559 cm³/mol. The van der Waals surface area contributed by atoms with Crippen molar-refractivity contribution in [1.82, 2.24) is 77.4 Å². The Balaban J connectivity index is 0.0000000829. The van der Waals surface area contributed by atoms with Gasteiger partial charge in [-0.3, -0.25) is 37.5 Å². The van der Waals surface area contributed by atoms with Crippen molar-refractivity contribution in [1.29, 1.82) is 0 Å². The van der Waals surface area contributed by atoms with Gasteiger partial charge >= 0.3 is 0 Å². The lowest BCUT2D eigenvalue weighted by Gasteiger charge is -2.12. The fourth-order valence-electron chi connectivity index (χ4n) is 25.7. The molecule has 16 aromatic heterocycles. The summed E-state index contributed by atoms with van der Waals surface area (Å²) in [5, 5.41) is 9.16. The molecule has 16 heteroatoms. The number of benzene rings is 12. The molecule has 0 saturated carbocycles. The van der Waals surface area contributed by atoms with E-state index in [0.29, 0.717) is 0 Å². The molecule has 0 atom stereocenters. The Morgan fingerprint density at radius 1 is 0.157 bits per heavy atom. The Morgan fingerprint density at radius 2 is 0.414 bits per heavy atom. The zero-order valence-corrected chi connectivity index (χ0v) is 75.1. The van der Waals surface area contributed by atoms with Gasteiger partial charge in [-0.2, -0.15) is 0 Å². The van der Waals surface area contributed by atoms with Crippen LogP contribution in [0.1, 0.15) is 89.0 Å². The summed E-state index contributed by atoms with van der Waals surface area (Å²) in [6, 6.07) is 105. The zero-order chi connectivity index (χ0) is 90.7. The Bertz CT molecular complexity index is 10600. The van der Waals surface area contributed by atoms with E-state index in [0.717, 1.165) is 206 Å². The van der Waals surface area contributed by atoms with Crippen LogP contribution in [0.5, 0.6) is 0 Å². The molecule has 36 rings (SSSR count). The van der Waals surface area contributed by atoms with Crippen LogP contribution in [0.4, 0.5) is 0 Å². The molecule has 0 spiro atoms. The molecule has 0 fully saturated rings. The Kier molecular flexibility index (Phi) is 14.9. The third-order valence-electron chi connectivity index (χ3n) is 31.6. The van der Waals surface area contributed by atoms with Crippen LogP contribution in [0.3, 0.4) is 0 Å². The highest BCUT2D eigenvalue weighted by Crippen LogP contribution is 2.55. The van der Waals surface area contributed by atoms with Crippen LogP contribution < -0.4 is 0 Å². The molecule has 28 aromatic rings. The van der Waals surface area contributed by atoms with Crippen LogP contribution in [0, 0.1) is 0 Å². The molecule has 8 aliphatic carbocycles. The normalized spacial score (nSPS) is 13.5. The van der Waals surface area contributed by atoms with Crippen LogP contribution in [-0.2, 0) is 51.4 Å². The topological polar surface area (TPSA) is 172 Å². The van der Waals surface area contributed by atoms with E-state index in [4.69, 9.17) is 39.9 Å². The third-order valence-corrected chi connectivity index (χ3v) is 31.6. The van der Waals surface area contributed by atoms with Gasteiger partial charge in [-0.25, -0.2) is 39.9 Å². The van der Waals surface area contributed by atoms with Crippen molar-refractivity contribution >= 4 is 154 Å². The molecule has 140 heavy (non-hydrogen) atoms. The van der Waals surface area contributed by atoms with Crippen LogP contribution in [0.15, 0.2) is 341 Å². The summed E-state index contributed by atoms with van der Waals surface area (Å²) in [5.41, 5.74) is 63.9. The predicted octanol–water partition coefficient (Wildman–Crippen LogP) is 26.9. The Labute approximate surface area is 796 Å². The van der Waals surface area contributed by atoms with Crippen molar-refractivity contribution < 1.29 is 0 Å². The van der Waals surface area contributed by atoms with Gasteiger partial charge < -0.3 is 0 Å². The molecule has 0 saturated heterocycles. The van der Waals surface area contributed by atoms with Gasteiger partial charge in [-0.15, -0.1) is 0 Å². The van der Waals surface area contributed by atoms with Gasteiger partial charge in [0.15, 0.2) is 22.6 Å². The summed E-state index contributed by atoms with van der Waals surface area (Å²) >= 11 is 0. The van der Waals surface area contributed by atoms with Crippen LogP contribution in [0.25, 0.3) is 243 Å². The lowest BCUT2D eigenvalue weighted by Crippen LogP contribution is -1.95. The average Bonchev–Trinajstić information content (AvgIpc) is 1.56. The fraction of sp³-hybridized carbons (Fsp3) is 0.0645. The zero-order valence-electron chi connectivity index (χ0n) is 75.1. The molecule has 0 unspecified atom stereocenters. The van der Waals surface area contributed by atoms with E-state index in [1.807, 2.05) is 122 Å². The SMILES string of the molecule is c1ccc2c(c1)Cc1c-2ccc2c1-c1cc3c(cc1C2)c1ncccc1n1c2ncccc2nc31.c1ccc2c(c1)Cc1c-2ccc2c1Cc1cc3c(cc1-2)c1nc2cccnc2n1c1cccnc31.c1ccc2c(c1)Cc1cc3c(cc1-2)Cc1cc2c(cc1-3)c1nc3cccnc3n1c1cccnc21.c1ccc2c(c1)Cc1ccc3c(c1-2)Cc1cc2c(cc1-3)c1nc3cccnc3n1c1cccnc21. The number of hydrogen-bond acceptors (Lipinski definition) is 12. The summed E-state index contributed by atoms with van der Waals surface area (Å²) in [5.74, 6) is 0. The average molecular weight is 1790 g/mol. The molecule has 0 amide bonds. The second-order valence-corrected chi connectivity index (χ2v) is 38.8. The van der Waals surface area contributed by atoms with Gasteiger partial charge in [-0.1, -0.05) is 133 Å². The van der Waals surface area contributed by atoms with Crippen molar-refractivity contribution in [2.45, 2.75) is 51.4 Å². The number of aromatic nitrogens is 16. The lowest BCUT2D eigenvalue weighted by atomic mass is 9.94. The first-order chi connectivity index (χ1) is 69.4. The minimum atomic E-state index is 0.873. The lowest BCUT2D eigenvalue weighted by molar-refractivity contribution is 1.16. The van der Waals surface area contributed by atoms with Crippen molar-refractivity contribution in [2.75, 3.05) is 0 Å². The van der Waals surface area contributed by atoms with Crippen molar-refractivity contribution in [3.63, 3.8) is 0 Å². The standard InChI is InChI=1S/4C31H18N4/c1-2-6-20-17(5-1)14-23-21(20)10-9-18-13-19-15-24-25(16-22(19)28(18)23)30-34-26-7-3-12-33-31(26)35(30)27-8-4-11-32-29(24)27;1-2-6-19-17(5-1)13-23-20(19)9-10-21-22-16-26-25(15-18(22)14-24(21)23)29-28(8-4-11-32-29)35-30(26)34-27-7-3-12-33-31(27)35;1-2-6-20-17(5-1)13-18-9-10-21-22-16-25-24(15-19(22)14-23(21)28(18)20)29-27(8-4-11-32-29)35-30(25)34-26-7-3-12-33-31(26)35;1-2-6-21-17(5-1)11-18-14-23-19(13-22(18)21)12-20-15-25-26(16-24(20)23)30-34-27-7-3-10-33-31(27)35(30)28-8-4-9-32-29(25)28/h3*1-12,15-16H,13-14H2;1-10,13-16H,11-12H2. The first-order valence-electron chi connectivity index (χ1n) is 48.2. The highest BCUT2D eigenvalue weighted by atomic mass is 15.1. The number of nitrogens with zero attached hydrogens (tertiary/aromatic N) is 16. The van der Waals surface area contributed by atoms with E-state index < -0.39 is 0 Å². The van der Waals surface area contributed by atoms with Gasteiger partial charge in [0.05, 0.1) is 44.1 Å². The van der Waals surface area contributed by atoms with Gasteiger partial charge in [0.1, 0.15) is 44.7 Å². The summed E-state index contributed by atoms with van der Waals surface area (Å²) in [4.78, 5) is 58.1. The highest BCUT2D eigenvalue weighted by Gasteiger charge is 2.36. The molecule has 648 valence electrons. The largest absolute Gasteiger partial charge is 0.274 e.